The van der Waals surface area contributed by atoms with E-state index in [1.165, 1.54) is 23.9 Å². The Hall–Kier alpha value is -3.13. The summed E-state index contributed by atoms with van der Waals surface area (Å²) in [5.41, 5.74) is 0.744. The third-order valence-electron chi connectivity index (χ3n) is 3.68. The number of hydrogen-bond acceptors (Lipinski definition) is 5. The van der Waals surface area contributed by atoms with Gasteiger partial charge in [0.05, 0.1) is 5.75 Å². The monoisotopic (exact) mass is 398 g/mol. The van der Waals surface area contributed by atoms with Crippen LogP contribution >= 0.6 is 11.8 Å². The fourth-order valence-corrected chi connectivity index (χ4v) is 3.14. The molecule has 0 spiro atoms. The Bertz CT molecular complexity index is 929. The van der Waals surface area contributed by atoms with Crippen LogP contribution in [-0.2, 0) is 17.9 Å². The first-order valence-electron chi connectivity index (χ1n) is 8.55. The van der Waals surface area contributed by atoms with Gasteiger partial charge in [0.1, 0.15) is 18.2 Å². The van der Waals surface area contributed by atoms with Gasteiger partial charge in [-0.15, -0.1) is 16.8 Å². The van der Waals surface area contributed by atoms with Crippen LogP contribution < -0.4 is 10.1 Å². The van der Waals surface area contributed by atoms with Crippen molar-refractivity contribution in [2.24, 2.45) is 0 Å². The Morgan fingerprint density at radius 3 is 2.64 bits per heavy atom. The fraction of sp³-hybridized carbons (Fsp3) is 0.150. The van der Waals surface area contributed by atoms with Gasteiger partial charge in [0, 0.05) is 12.2 Å². The summed E-state index contributed by atoms with van der Waals surface area (Å²) < 4.78 is 20.4. The Labute approximate surface area is 166 Å². The number of ether oxygens (including phenoxy) is 1. The van der Waals surface area contributed by atoms with Crippen molar-refractivity contribution in [2.45, 2.75) is 18.3 Å². The van der Waals surface area contributed by atoms with Crippen molar-refractivity contribution in [1.82, 2.24) is 14.8 Å². The molecule has 0 fully saturated rings. The number of nitrogens with one attached hydrogen (secondary N) is 1. The predicted molar refractivity (Wildman–Crippen MR) is 107 cm³/mol. The molecule has 0 atom stereocenters. The van der Waals surface area contributed by atoms with Crippen LogP contribution in [0.5, 0.6) is 5.75 Å². The van der Waals surface area contributed by atoms with E-state index < -0.39 is 0 Å². The van der Waals surface area contributed by atoms with Crippen molar-refractivity contribution >= 4 is 23.4 Å². The molecule has 0 saturated heterocycles. The van der Waals surface area contributed by atoms with Crippen molar-refractivity contribution in [1.29, 1.82) is 0 Å². The molecule has 0 aliphatic carbocycles. The van der Waals surface area contributed by atoms with E-state index in [1.807, 2.05) is 34.9 Å². The standard InChI is InChI=1S/C20H19FN4O2S/c1-2-12-25-18(13-27-17-10-8-15(21)9-11-17)23-24-20(25)28-14-19(26)22-16-6-4-3-5-7-16/h2-11H,1,12-14H2,(H,22,26). The highest BCUT2D eigenvalue weighted by Gasteiger charge is 2.14. The smallest absolute Gasteiger partial charge is 0.234 e. The molecule has 0 aliphatic heterocycles. The molecule has 0 unspecified atom stereocenters. The summed E-state index contributed by atoms with van der Waals surface area (Å²) in [4.78, 5) is 12.1. The Kier molecular flexibility index (Phi) is 6.80. The van der Waals surface area contributed by atoms with E-state index in [1.54, 1.807) is 18.2 Å². The number of anilines is 1. The van der Waals surface area contributed by atoms with E-state index in [0.29, 0.717) is 23.3 Å². The summed E-state index contributed by atoms with van der Waals surface area (Å²) >= 11 is 1.28. The number of benzene rings is 2. The maximum absolute atomic E-state index is 13.0. The topological polar surface area (TPSA) is 69.0 Å². The van der Waals surface area contributed by atoms with E-state index in [0.717, 1.165) is 5.69 Å². The minimum atomic E-state index is -0.324. The number of carbonyl (C=O) groups excluding carboxylic acids is 1. The molecule has 3 aromatic rings. The summed E-state index contributed by atoms with van der Waals surface area (Å²) in [5.74, 6) is 0.868. The molecule has 3 rings (SSSR count). The van der Waals surface area contributed by atoms with Gasteiger partial charge in [-0.2, -0.15) is 0 Å². The molecule has 8 heteroatoms. The van der Waals surface area contributed by atoms with Crippen LogP contribution in [0.3, 0.4) is 0 Å². The lowest BCUT2D eigenvalue weighted by Gasteiger charge is -2.09. The van der Waals surface area contributed by atoms with Crippen molar-refractivity contribution in [2.75, 3.05) is 11.1 Å². The number of amides is 1. The molecular weight excluding hydrogens is 379 g/mol. The largest absolute Gasteiger partial charge is 0.486 e. The highest BCUT2D eigenvalue weighted by molar-refractivity contribution is 7.99. The Morgan fingerprint density at radius 2 is 1.93 bits per heavy atom. The molecule has 0 radical (unpaired) electrons. The van der Waals surface area contributed by atoms with Gasteiger partial charge in [-0.05, 0) is 36.4 Å². The summed E-state index contributed by atoms with van der Waals surface area (Å²) in [7, 11) is 0. The van der Waals surface area contributed by atoms with Gasteiger partial charge in [-0.3, -0.25) is 9.36 Å². The number of nitrogens with zero attached hydrogens (tertiary/aromatic N) is 3. The summed E-state index contributed by atoms with van der Waals surface area (Å²) in [6, 6.07) is 15.0. The maximum Gasteiger partial charge on any atom is 0.234 e. The van der Waals surface area contributed by atoms with Crippen molar-refractivity contribution < 1.29 is 13.9 Å². The van der Waals surface area contributed by atoms with Gasteiger partial charge in [0.2, 0.25) is 5.91 Å². The zero-order chi connectivity index (χ0) is 19.8. The highest BCUT2D eigenvalue weighted by atomic mass is 32.2. The van der Waals surface area contributed by atoms with E-state index in [-0.39, 0.29) is 24.1 Å². The number of halogens is 1. The second-order valence-electron chi connectivity index (χ2n) is 5.74. The summed E-state index contributed by atoms with van der Waals surface area (Å²) in [6.07, 6.45) is 1.72. The van der Waals surface area contributed by atoms with Crippen molar-refractivity contribution in [3.63, 3.8) is 0 Å². The number of rotatable bonds is 9. The zero-order valence-electron chi connectivity index (χ0n) is 15.0. The van der Waals surface area contributed by atoms with Gasteiger partial charge in [-0.1, -0.05) is 36.0 Å². The van der Waals surface area contributed by atoms with Crippen LogP contribution in [0.1, 0.15) is 5.82 Å². The molecule has 0 bridgehead atoms. The van der Waals surface area contributed by atoms with Crippen LogP contribution in [0, 0.1) is 5.82 Å². The summed E-state index contributed by atoms with van der Waals surface area (Å²) in [5, 5.41) is 11.7. The molecule has 1 N–H and O–H groups in total. The van der Waals surface area contributed by atoms with Crippen LogP contribution in [0.15, 0.2) is 72.4 Å². The van der Waals surface area contributed by atoms with Gasteiger partial charge >= 0.3 is 0 Å². The fourth-order valence-electron chi connectivity index (χ4n) is 2.37. The van der Waals surface area contributed by atoms with Gasteiger partial charge < -0.3 is 10.1 Å². The molecular formula is C20H19FN4O2S. The first kappa shape index (κ1) is 19.6. The average Bonchev–Trinajstić information content (AvgIpc) is 3.09. The lowest BCUT2D eigenvalue weighted by atomic mass is 10.3. The Balaban J connectivity index is 1.60. The number of hydrogen-bond donors (Lipinski definition) is 1. The normalized spacial score (nSPS) is 10.5. The lowest BCUT2D eigenvalue weighted by Crippen LogP contribution is -2.14. The van der Waals surface area contributed by atoms with Gasteiger partial charge in [0.25, 0.3) is 0 Å². The van der Waals surface area contributed by atoms with Gasteiger partial charge in [-0.25, -0.2) is 4.39 Å². The minimum Gasteiger partial charge on any atom is -0.486 e. The predicted octanol–water partition coefficient (Wildman–Crippen LogP) is 3.91. The first-order valence-corrected chi connectivity index (χ1v) is 9.53. The highest BCUT2D eigenvalue weighted by Crippen LogP contribution is 2.19. The van der Waals surface area contributed by atoms with Crippen LogP contribution in [0.4, 0.5) is 10.1 Å². The molecule has 1 amide bonds. The quantitative estimate of drug-likeness (QED) is 0.437. The van der Waals surface area contributed by atoms with Crippen molar-refractivity contribution in [3.05, 3.63) is 78.9 Å². The number of thioether (sulfide) groups is 1. The second-order valence-corrected chi connectivity index (χ2v) is 6.69. The zero-order valence-corrected chi connectivity index (χ0v) is 15.9. The van der Waals surface area contributed by atoms with Crippen LogP contribution in [-0.4, -0.2) is 26.4 Å². The summed E-state index contributed by atoms with van der Waals surface area (Å²) in [6.45, 7) is 4.40. The molecule has 2 aromatic carbocycles. The molecule has 1 heterocycles. The molecule has 6 nitrogen and oxygen atoms in total. The third-order valence-corrected chi connectivity index (χ3v) is 4.64. The van der Waals surface area contributed by atoms with Gasteiger partial charge in [0.15, 0.2) is 11.0 Å². The van der Waals surface area contributed by atoms with E-state index in [2.05, 4.69) is 22.1 Å². The third kappa shape index (κ3) is 5.43. The molecule has 0 aliphatic rings. The average molecular weight is 398 g/mol. The lowest BCUT2D eigenvalue weighted by molar-refractivity contribution is -0.113. The Morgan fingerprint density at radius 1 is 1.18 bits per heavy atom. The molecule has 144 valence electrons. The maximum atomic E-state index is 13.0. The SMILES string of the molecule is C=CCn1c(COc2ccc(F)cc2)nnc1SCC(=O)Nc1ccccc1. The first-order chi connectivity index (χ1) is 13.7. The number of para-hydroxylation sites is 1. The van der Waals surface area contributed by atoms with E-state index in [4.69, 9.17) is 4.74 Å². The molecule has 28 heavy (non-hydrogen) atoms. The number of aromatic nitrogens is 3. The van der Waals surface area contributed by atoms with E-state index in [9.17, 15) is 9.18 Å². The second kappa shape index (κ2) is 9.70. The van der Waals surface area contributed by atoms with Crippen LogP contribution in [0.2, 0.25) is 0 Å². The van der Waals surface area contributed by atoms with Crippen LogP contribution in [0.25, 0.3) is 0 Å². The minimum absolute atomic E-state index is 0.131. The van der Waals surface area contributed by atoms with E-state index >= 15 is 0 Å². The van der Waals surface area contributed by atoms with Crippen molar-refractivity contribution in [3.8, 4) is 5.75 Å². The molecule has 1 aromatic heterocycles. The number of carbonyl (C=O) groups is 1. The number of allylic oxidation sites excluding steroid dienone is 1. The molecule has 0 saturated carbocycles.